The number of phenolic OH excluding ortho intramolecular Hbond substituents is 1. The van der Waals surface area contributed by atoms with Crippen molar-refractivity contribution in [1.82, 2.24) is 9.47 Å². The first-order valence-corrected chi connectivity index (χ1v) is 10.9. The molecule has 0 unspecified atom stereocenters. The zero-order chi connectivity index (χ0) is 19.7. The lowest BCUT2D eigenvalue weighted by molar-refractivity contribution is 0.143. The number of benzene rings is 2. The average molecular weight is 426 g/mol. The molecular weight excluding hydrogens is 405 g/mol. The Bertz CT molecular complexity index is 1110. The number of anilines is 1. The number of piperidine rings is 1. The van der Waals surface area contributed by atoms with Crippen molar-refractivity contribution in [3.05, 3.63) is 76.0 Å². The number of rotatable bonds is 1. The Morgan fingerprint density at radius 2 is 1.79 bits per heavy atom. The Hall–Kier alpha value is -2.14. The van der Waals surface area contributed by atoms with E-state index in [-0.39, 0.29) is 18.0 Å². The third kappa shape index (κ3) is 2.43. The van der Waals surface area contributed by atoms with E-state index in [0.29, 0.717) is 16.1 Å². The van der Waals surface area contributed by atoms with Gasteiger partial charge in [0.25, 0.3) is 0 Å². The number of halogens is 2. The molecule has 6 rings (SSSR count). The molecule has 3 atom stereocenters. The predicted molar refractivity (Wildman–Crippen MR) is 116 cm³/mol. The smallest absolute Gasteiger partial charge is 0.140 e. The minimum Gasteiger partial charge on any atom is -0.506 e. The normalized spacial score (nSPS) is 25.3. The number of para-hydroxylation sites is 2. The fourth-order valence-corrected chi connectivity index (χ4v) is 6.10. The lowest BCUT2D eigenvalue weighted by atomic mass is 9.94. The second-order valence-corrected chi connectivity index (χ2v) is 8.99. The molecule has 0 amide bonds. The third-order valence-electron chi connectivity index (χ3n) is 6.67. The third-order valence-corrected chi connectivity index (χ3v) is 7.18. The van der Waals surface area contributed by atoms with Gasteiger partial charge in [0, 0.05) is 35.1 Å². The first-order valence-electron chi connectivity index (χ1n) is 10.1. The van der Waals surface area contributed by atoms with Crippen LogP contribution in [0, 0.1) is 0 Å². The number of fused-ring (bicyclic) bond motifs is 8. The fraction of sp³-hybridized carbons (Fsp3) is 0.304. The number of aromatic hydroxyl groups is 1. The second-order valence-electron chi connectivity index (χ2n) is 8.14. The molecule has 2 fully saturated rings. The first kappa shape index (κ1) is 17.7. The molecule has 0 radical (unpaired) electrons. The summed E-state index contributed by atoms with van der Waals surface area (Å²) in [7, 11) is 0. The zero-order valence-corrected chi connectivity index (χ0v) is 17.3. The maximum Gasteiger partial charge on any atom is 0.140 e. The summed E-state index contributed by atoms with van der Waals surface area (Å²) < 4.78 is 2.32. The van der Waals surface area contributed by atoms with E-state index >= 15 is 0 Å². The molecule has 29 heavy (non-hydrogen) atoms. The van der Waals surface area contributed by atoms with Gasteiger partial charge in [-0.15, -0.1) is 0 Å². The van der Waals surface area contributed by atoms with Crippen molar-refractivity contribution in [2.45, 2.75) is 37.5 Å². The molecule has 2 saturated heterocycles. The van der Waals surface area contributed by atoms with Crippen LogP contribution >= 0.6 is 23.2 Å². The SMILES string of the molecule is Oc1c(Cl)cc(Cl)cc1[C@@H]1N2CCCC[C@@H]2[C@@H]2c3cccn3-c3ccccc3N12. The lowest BCUT2D eigenvalue weighted by Gasteiger charge is -2.39. The molecule has 2 aromatic carbocycles. The number of hydrogen-bond donors (Lipinski definition) is 1. The molecule has 0 saturated carbocycles. The highest BCUT2D eigenvalue weighted by atomic mass is 35.5. The molecule has 3 aliphatic rings. The van der Waals surface area contributed by atoms with Crippen molar-refractivity contribution in [1.29, 1.82) is 0 Å². The summed E-state index contributed by atoms with van der Waals surface area (Å²) in [5, 5.41) is 11.8. The van der Waals surface area contributed by atoms with E-state index in [4.69, 9.17) is 23.2 Å². The molecule has 1 aromatic heterocycles. The lowest BCUT2D eigenvalue weighted by Crippen LogP contribution is -2.38. The van der Waals surface area contributed by atoms with Gasteiger partial charge < -0.3 is 14.6 Å². The van der Waals surface area contributed by atoms with E-state index in [0.717, 1.165) is 24.9 Å². The van der Waals surface area contributed by atoms with Gasteiger partial charge in [-0.1, -0.05) is 41.8 Å². The van der Waals surface area contributed by atoms with Crippen LogP contribution in [0.3, 0.4) is 0 Å². The molecule has 3 aliphatic heterocycles. The van der Waals surface area contributed by atoms with Crippen molar-refractivity contribution in [2.75, 3.05) is 11.4 Å². The highest BCUT2D eigenvalue weighted by Gasteiger charge is 2.52. The molecule has 0 spiro atoms. The summed E-state index contributed by atoms with van der Waals surface area (Å²) in [6, 6.07) is 17.0. The zero-order valence-electron chi connectivity index (χ0n) is 15.8. The standard InChI is InChI=1S/C23H21Cl2N3O/c24-14-12-15(22(29)16(25)13-14)23-27-10-4-3-8-20(27)21-19-9-5-11-26(19)17-6-1-2-7-18(17)28(21)23/h1-2,5-7,9,11-13,20-21,23,29H,3-4,8,10H2/t20-,21+,23-/m1/s1. The van der Waals surface area contributed by atoms with Crippen LogP contribution in [0.2, 0.25) is 10.0 Å². The molecule has 1 N–H and O–H groups in total. The van der Waals surface area contributed by atoms with Crippen LogP contribution in [0.25, 0.3) is 5.69 Å². The van der Waals surface area contributed by atoms with Gasteiger partial charge in [-0.3, -0.25) is 4.90 Å². The molecule has 148 valence electrons. The Labute approximate surface area is 179 Å². The summed E-state index contributed by atoms with van der Waals surface area (Å²) in [6.07, 6.45) is 5.57. The van der Waals surface area contributed by atoms with Crippen LogP contribution in [0.4, 0.5) is 5.69 Å². The van der Waals surface area contributed by atoms with Gasteiger partial charge in [-0.2, -0.15) is 0 Å². The summed E-state index contributed by atoms with van der Waals surface area (Å²) in [4.78, 5) is 5.01. The molecule has 4 nitrogen and oxygen atoms in total. The Balaban J connectivity index is 1.62. The fourth-order valence-electron chi connectivity index (χ4n) is 5.59. The largest absolute Gasteiger partial charge is 0.506 e. The van der Waals surface area contributed by atoms with Crippen molar-refractivity contribution < 1.29 is 5.11 Å². The van der Waals surface area contributed by atoms with Gasteiger partial charge in [-0.05, 0) is 49.2 Å². The number of nitrogens with zero attached hydrogens (tertiary/aromatic N) is 3. The van der Waals surface area contributed by atoms with Gasteiger partial charge in [0.15, 0.2) is 0 Å². The first-order chi connectivity index (χ1) is 14.1. The molecule has 3 aromatic rings. The highest BCUT2D eigenvalue weighted by Crippen LogP contribution is 2.56. The summed E-state index contributed by atoms with van der Waals surface area (Å²) in [6.45, 7) is 0.995. The van der Waals surface area contributed by atoms with Crippen LogP contribution in [0.1, 0.15) is 42.7 Å². The Morgan fingerprint density at radius 1 is 0.966 bits per heavy atom. The van der Waals surface area contributed by atoms with Gasteiger partial charge in [-0.25, -0.2) is 0 Å². The van der Waals surface area contributed by atoms with Crippen molar-refractivity contribution in [3.63, 3.8) is 0 Å². The van der Waals surface area contributed by atoms with Crippen LogP contribution in [-0.4, -0.2) is 27.2 Å². The maximum absolute atomic E-state index is 10.9. The van der Waals surface area contributed by atoms with Crippen molar-refractivity contribution >= 4 is 28.9 Å². The van der Waals surface area contributed by atoms with E-state index in [2.05, 4.69) is 57.0 Å². The Kier molecular flexibility index (Phi) is 3.92. The highest BCUT2D eigenvalue weighted by molar-refractivity contribution is 6.35. The summed E-state index contributed by atoms with van der Waals surface area (Å²) in [5.74, 6) is 0.129. The Morgan fingerprint density at radius 3 is 2.66 bits per heavy atom. The molecule has 4 heterocycles. The molecule has 0 bridgehead atoms. The minimum atomic E-state index is -0.105. The van der Waals surface area contributed by atoms with E-state index in [1.54, 1.807) is 6.07 Å². The van der Waals surface area contributed by atoms with E-state index in [9.17, 15) is 5.11 Å². The number of hydrogen-bond acceptors (Lipinski definition) is 3. The molecule has 6 heteroatoms. The van der Waals surface area contributed by atoms with Crippen LogP contribution in [-0.2, 0) is 0 Å². The van der Waals surface area contributed by atoms with E-state index in [1.165, 1.54) is 23.5 Å². The van der Waals surface area contributed by atoms with Gasteiger partial charge >= 0.3 is 0 Å². The van der Waals surface area contributed by atoms with Gasteiger partial charge in [0.2, 0.25) is 0 Å². The van der Waals surface area contributed by atoms with Crippen LogP contribution in [0.5, 0.6) is 5.75 Å². The quantitative estimate of drug-likeness (QED) is 0.524. The van der Waals surface area contributed by atoms with Crippen LogP contribution in [0.15, 0.2) is 54.7 Å². The summed E-state index contributed by atoms with van der Waals surface area (Å²) in [5.41, 5.74) is 4.43. The van der Waals surface area contributed by atoms with E-state index in [1.807, 2.05) is 6.07 Å². The van der Waals surface area contributed by atoms with Crippen LogP contribution < -0.4 is 4.90 Å². The molecular formula is C23H21Cl2N3O. The molecule has 0 aliphatic carbocycles. The minimum absolute atomic E-state index is 0.105. The van der Waals surface area contributed by atoms with Crippen molar-refractivity contribution in [3.8, 4) is 11.4 Å². The predicted octanol–water partition coefficient (Wildman–Crippen LogP) is 5.92. The monoisotopic (exact) mass is 425 g/mol. The number of aromatic nitrogens is 1. The van der Waals surface area contributed by atoms with Gasteiger partial charge in [0.05, 0.1) is 22.4 Å². The maximum atomic E-state index is 10.9. The topological polar surface area (TPSA) is 31.6 Å². The number of phenols is 1. The van der Waals surface area contributed by atoms with Gasteiger partial charge in [0.1, 0.15) is 11.9 Å². The summed E-state index contributed by atoms with van der Waals surface area (Å²) >= 11 is 12.7. The van der Waals surface area contributed by atoms with Crippen molar-refractivity contribution in [2.24, 2.45) is 0 Å². The second kappa shape index (κ2) is 6.43. The average Bonchev–Trinajstić information content (AvgIpc) is 3.34. The van der Waals surface area contributed by atoms with E-state index < -0.39 is 0 Å².